The summed E-state index contributed by atoms with van der Waals surface area (Å²) in [6.07, 6.45) is -0.376. The highest BCUT2D eigenvalue weighted by molar-refractivity contribution is 6.33. The average molecular weight is 350 g/mol. The molecule has 1 aromatic rings. The van der Waals surface area contributed by atoms with E-state index in [1.165, 1.54) is 0 Å². The number of carbonyl (C=O) groups is 4. The van der Waals surface area contributed by atoms with Gasteiger partial charge in [0.2, 0.25) is 5.78 Å². The summed E-state index contributed by atoms with van der Waals surface area (Å²) in [6, 6.07) is 8.50. The number of ketones is 1. The fourth-order valence-corrected chi connectivity index (χ4v) is 2.41. The number of ether oxygens (including phenoxy) is 3. The summed E-state index contributed by atoms with van der Waals surface area (Å²) in [5.41, 5.74) is 0.547. The van der Waals surface area contributed by atoms with Gasteiger partial charge in [-0.25, -0.2) is 4.79 Å². The Morgan fingerprint density at radius 2 is 1.44 bits per heavy atom. The van der Waals surface area contributed by atoms with E-state index in [2.05, 4.69) is 4.74 Å². The van der Waals surface area contributed by atoms with Gasteiger partial charge in [-0.15, -0.1) is 0 Å². The maximum Gasteiger partial charge on any atom is 0.374 e. The average Bonchev–Trinajstić information content (AvgIpc) is 2.61. The van der Waals surface area contributed by atoms with Gasteiger partial charge in [0, 0.05) is 12.3 Å². The van der Waals surface area contributed by atoms with Crippen molar-refractivity contribution < 1.29 is 33.4 Å². The van der Waals surface area contributed by atoms with Crippen LogP contribution in [0.4, 0.5) is 0 Å². The van der Waals surface area contributed by atoms with Crippen LogP contribution in [0.5, 0.6) is 0 Å². The normalized spacial score (nSPS) is 11.5. The van der Waals surface area contributed by atoms with E-state index in [0.29, 0.717) is 5.56 Å². The molecular formula is C18H22O7. The first-order chi connectivity index (χ1) is 12.0. The standard InChI is InChI=1S/C18H22O7/c1-4-24-17(21)15(18(22)25-5-2)13(11-14(19)16(20)23-3)12-9-7-6-8-10-12/h6-10,13,15H,4-5,11H2,1-3H3. The molecule has 7 heteroatoms. The number of carbonyl (C=O) groups excluding carboxylic acids is 4. The number of hydrogen-bond acceptors (Lipinski definition) is 7. The van der Waals surface area contributed by atoms with E-state index in [1.807, 2.05) is 0 Å². The van der Waals surface area contributed by atoms with E-state index >= 15 is 0 Å². The van der Waals surface area contributed by atoms with E-state index < -0.39 is 35.5 Å². The first-order valence-electron chi connectivity index (χ1n) is 7.95. The van der Waals surface area contributed by atoms with Gasteiger partial charge in [0.15, 0.2) is 5.92 Å². The first kappa shape index (κ1) is 20.3. The van der Waals surface area contributed by atoms with Crippen molar-refractivity contribution in [1.82, 2.24) is 0 Å². The quantitative estimate of drug-likeness (QED) is 0.289. The van der Waals surface area contributed by atoms with Crippen LogP contribution in [0.15, 0.2) is 30.3 Å². The third kappa shape index (κ3) is 5.70. The van der Waals surface area contributed by atoms with Crippen molar-refractivity contribution in [1.29, 1.82) is 0 Å². The van der Waals surface area contributed by atoms with E-state index in [4.69, 9.17) is 9.47 Å². The molecular weight excluding hydrogens is 328 g/mol. The third-order valence-electron chi connectivity index (χ3n) is 3.53. The molecule has 1 rings (SSSR count). The lowest BCUT2D eigenvalue weighted by Gasteiger charge is -2.23. The second kappa shape index (κ2) is 10.2. The third-order valence-corrected chi connectivity index (χ3v) is 3.53. The second-order valence-corrected chi connectivity index (χ2v) is 5.12. The van der Waals surface area contributed by atoms with E-state index in [1.54, 1.807) is 44.2 Å². The van der Waals surface area contributed by atoms with Crippen LogP contribution in [0.2, 0.25) is 0 Å². The molecule has 0 aliphatic carbocycles. The molecule has 0 heterocycles. The van der Waals surface area contributed by atoms with Gasteiger partial charge in [0.25, 0.3) is 0 Å². The summed E-state index contributed by atoms with van der Waals surface area (Å²) in [5.74, 6) is -5.72. The fourth-order valence-electron chi connectivity index (χ4n) is 2.41. The van der Waals surface area contributed by atoms with Gasteiger partial charge < -0.3 is 14.2 Å². The molecule has 0 fully saturated rings. The Hall–Kier alpha value is -2.70. The fraction of sp³-hybridized carbons (Fsp3) is 0.444. The molecule has 0 aliphatic rings. The van der Waals surface area contributed by atoms with Crippen LogP contribution < -0.4 is 0 Å². The Kier molecular flexibility index (Phi) is 8.32. The SMILES string of the molecule is CCOC(=O)C(C(=O)OCC)C(CC(=O)C(=O)OC)c1ccccc1. The second-order valence-electron chi connectivity index (χ2n) is 5.12. The summed E-state index contributed by atoms with van der Waals surface area (Å²) >= 11 is 0. The molecule has 0 aliphatic heterocycles. The number of Topliss-reactive ketones (excluding diaryl/α,β-unsaturated/α-hetero) is 1. The van der Waals surface area contributed by atoms with Crippen molar-refractivity contribution in [3.63, 3.8) is 0 Å². The van der Waals surface area contributed by atoms with Gasteiger partial charge in [-0.1, -0.05) is 30.3 Å². The molecule has 1 aromatic carbocycles. The maximum absolute atomic E-state index is 12.3. The predicted octanol–water partition coefficient (Wildman–Crippen LogP) is 1.64. The first-order valence-corrected chi connectivity index (χ1v) is 7.95. The largest absolute Gasteiger partial charge is 0.465 e. The van der Waals surface area contributed by atoms with Crippen molar-refractivity contribution in [3.05, 3.63) is 35.9 Å². The Labute approximate surface area is 146 Å². The summed E-state index contributed by atoms with van der Waals surface area (Å²) in [7, 11) is 1.09. The van der Waals surface area contributed by atoms with Gasteiger partial charge in [-0.2, -0.15) is 0 Å². The van der Waals surface area contributed by atoms with E-state index in [9.17, 15) is 19.2 Å². The Bertz CT molecular complexity index is 591. The number of benzene rings is 1. The van der Waals surface area contributed by atoms with E-state index in [0.717, 1.165) is 7.11 Å². The predicted molar refractivity (Wildman–Crippen MR) is 87.6 cm³/mol. The number of methoxy groups -OCH3 is 1. The molecule has 7 nitrogen and oxygen atoms in total. The number of hydrogen-bond donors (Lipinski definition) is 0. The van der Waals surface area contributed by atoms with Crippen molar-refractivity contribution >= 4 is 23.7 Å². The molecule has 1 atom stereocenters. The molecule has 0 radical (unpaired) electrons. The number of rotatable bonds is 9. The highest BCUT2D eigenvalue weighted by Gasteiger charge is 2.40. The molecule has 0 aromatic heterocycles. The van der Waals surface area contributed by atoms with Crippen molar-refractivity contribution in [2.45, 2.75) is 26.2 Å². The molecule has 136 valence electrons. The molecule has 1 unspecified atom stereocenters. The van der Waals surface area contributed by atoms with Gasteiger partial charge >= 0.3 is 17.9 Å². The number of esters is 3. The van der Waals surface area contributed by atoms with Gasteiger partial charge in [0.1, 0.15) is 0 Å². The smallest absolute Gasteiger partial charge is 0.374 e. The van der Waals surface area contributed by atoms with Crippen LogP contribution in [-0.2, 0) is 33.4 Å². The van der Waals surface area contributed by atoms with Crippen molar-refractivity contribution in [2.75, 3.05) is 20.3 Å². The van der Waals surface area contributed by atoms with Crippen molar-refractivity contribution in [3.8, 4) is 0 Å². The summed E-state index contributed by atoms with van der Waals surface area (Å²) < 4.78 is 14.4. The van der Waals surface area contributed by atoms with Crippen LogP contribution in [-0.4, -0.2) is 44.0 Å². The van der Waals surface area contributed by atoms with Crippen LogP contribution >= 0.6 is 0 Å². The van der Waals surface area contributed by atoms with Crippen LogP contribution in [0.3, 0.4) is 0 Å². The molecule has 0 saturated heterocycles. The minimum atomic E-state index is -1.35. The summed E-state index contributed by atoms with van der Waals surface area (Å²) in [4.78, 5) is 48.2. The molecule has 25 heavy (non-hydrogen) atoms. The lowest BCUT2D eigenvalue weighted by Crippen LogP contribution is -2.35. The molecule has 0 spiro atoms. The zero-order chi connectivity index (χ0) is 18.8. The van der Waals surface area contributed by atoms with Gasteiger partial charge in [-0.3, -0.25) is 14.4 Å². The molecule has 0 bridgehead atoms. The lowest BCUT2D eigenvalue weighted by atomic mass is 9.82. The zero-order valence-electron chi connectivity index (χ0n) is 14.5. The van der Waals surface area contributed by atoms with Gasteiger partial charge in [-0.05, 0) is 19.4 Å². The maximum atomic E-state index is 12.3. The highest BCUT2D eigenvalue weighted by Crippen LogP contribution is 2.31. The Balaban J connectivity index is 3.27. The van der Waals surface area contributed by atoms with Crippen LogP contribution in [0, 0.1) is 5.92 Å². The highest BCUT2D eigenvalue weighted by atomic mass is 16.6. The zero-order valence-corrected chi connectivity index (χ0v) is 14.5. The minimum absolute atomic E-state index is 0.0706. The van der Waals surface area contributed by atoms with Crippen LogP contribution in [0.25, 0.3) is 0 Å². The summed E-state index contributed by atoms with van der Waals surface area (Å²) in [5, 5.41) is 0. The van der Waals surface area contributed by atoms with E-state index in [-0.39, 0.29) is 19.6 Å². The molecule has 0 N–H and O–H groups in total. The minimum Gasteiger partial charge on any atom is -0.465 e. The van der Waals surface area contributed by atoms with Crippen molar-refractivity contribution in [2.24, 2.45) is 5.92 Å². The van der Waals surface area contributed by atoms with Crippen LogP contribution in [0.1, 0.15) is 31.7 Å². The monoisotopic (exact) mass is 350 g/mol. The topological polar surface area (TPSA) is 96.0 Å². The summed E-state index contributed by atoms with van der Waals surface area (Å²) in [6.45, 7) is 3.36. The van der Waals surface area contributed by atoms with Gasteiger partial charge in [0.05, 0.1) is 20.3 Å². The molecule has 0 saturated carbocycles. The lowest BCUT2D eigenvalue weighted by molar-refractivity contribution is -0.163. The Morgan fingerprint density at radius 3 is 1.88 bits per heavy atom. The Morgan fingerprint density at radius 1 is 0.920 bits per heavy atom. The molecule has 0 amide bonds.